The minimum atomic E-state index is -4.04. The number of benzene rings is 5. The maximum atomic E-state index is 13.4. The molecule has 6 nitrogen and oxygen atoms in total. The summed E-state index contributed by atoms with van der Waals surface area (Å²) >= 11 is 12.3. The third kappa shape index (κ3) is 6.07. The molecule has 0 bridgehead atoms. The molecule has 1 amide bonds. The zero-order valence-corrected chi connectivity index (χ0v) is 23.6. The highest BCUT2D eigenvalue weighted by Crippen LogP contribution is 2.31. The predicted molar refractivity (Wildman–Crippen MR) is 160 cm³/mol. The zero-order chi connectivity index (χ0) is 28.3. The number of carbonyl (C=O) groups is 1. The molecule has 0 aliphatic carbocycles. The summed E-state index contributed by atoms with van der Waals surface area (Å²) < 4.78 is 34.7. The van der Waals surface area contributed by atoms with Crippen LogP contribution in [0.4, 0.5) is 5.69 Å². The van der Waals surface area contributed by atoms with Crippen molar-refractivity contribution in [1.82, 2.24) is 5.32 Å². The molecule has 0 spiro atoms. The number of rotatable bonds is 8. The van der Waals surface area contributed by atoms with Gasteiger partial charge in [0.2, 0.25) is 0 Å². The van der Waals surface area contributed by atoms with Gasteiger partial charge in [0, 0.05) is 5.02 Å². The standard InChI is InChI=1S/C31H24Cl2N2O4S/c1-20(25-10-6-8-21-7-2-3-9-26(21)25)34-31(36)27-19-22(32)13-18-29(27)35-40(37,38)24-16-14-23(15-17-24)39-30-12-5-4-11-28(30)33/h2-20,35H,1H3,(H,34,36)/t20-/m0/s1. The lowest BCUT2D eigenvalue weighted by molar-refractivity contribution is 0.0941. The zero-order valence-electron chi connectivity index (χ0n) is 21.3. The number of halogens is 2. The molecule has 202 valence electrons. The average molecular weight is 592 g/mol. The van der Waals surface area contributed by atoms with Gasteiger partial charge < -0.3 is 10.1 Å². The van der Waals surface area contributed by atoms with Gasteiger partial charge in [-0.2, -0.15) is 0 Å². The molecule has 5 rings (SSSR count). The van der Waals surface area contributed by atoms with Crippen LogP contribution in [-0.2, 0) is 10.0 Å². The minimum Gasteiger partial charge on any atom is -0.456 e. The van der Waals surface area contributed by atoms with Crippen molar-refractivity contribution in [1.29, 1.82) is 0 Å². The Balaban J connectivity index is 1.36. The van der Waals surface area contributed by atoms with E-state index in [4.69, 9.17) is 27.9 Å². The van der Waals surface area contributed by atoms with Gasteiger partial charge in [0.05, 0.1) is 27.2 Å². The fourth-order valence-corrected chi connectivity index (χ4v) is 5.74. The van der Waals surface area contributed by atoms with Gasteiger partial charge in [0.15, 0.2) is 0 Å². The Hall–Kier alpha value is -4.04. The van der Waals surface area contributed by atoms with Crippen molar-refractivity contribution >= 4 is 55.6 Å². The Morgan fingerprint density at radius 3 is 2.30 bits per heavy atom. The molecule has 0 radical (unpaired) electrons. The highest BCUT2D eigenvalue weighted by molar-refractivity contribution is 7.92. The van der Waals surface area contributed by atoms with E-state index in [1.807, 2.05) is 49.4 Å². The number of anilines is 1. The summed E-state index contributed by atoms with van der Waals surface area (Å²) in [7, 11) is -4.04. The molecule has 0 heterocycles. The largest absolute Gasteiger partial charge is 0.456 e. The van der Waals surface area contributed by atoms with Crippen LogP contribution in [0.3, 0.4) is 0 Å². The van der Waals surface area contributed by atoms with Gasteiger partial charge >= 0.3 is 0 Å². The number of sulfonamides is 1. The SMILES string of the molecule is C[C@H](NC(=O)c1cc(Cl)ccc1NS(=O)(=O)c1ccc(Oc2ccccc2Cl)cc1)c1cccc2ccccc12. The van der Waals surface area contributed by atoms with Crippen molar-refractivity contribution in [2.75, 3.05) is 4.72 Å². The summed E-state index contributed by atoms with van der Waals surface area (Å²) in [6.07, 6.45) is 0. The van der Waals surface area contributed by atoms with Crippen molar-refractivity contribution in [2.45, 2.75) is 17.9 Å². The first-order chi connectivity index (χ1) is 19.2. The summed E-state index contributed by atoms with van der Waals surface area (Å²) in [5.41, 5.74) is 1.14. The molecular formula is C31H24Cl2N2O4S. The van der Waals surface area contributed by atoms with Crippen LogP contribution in [0, 0.1) is 0 Å². The lowest BCUT2D eigenvalue weighted by Gasteiger charge is -2.19. The van der Waals surface area contributed by atoms with Crippen LogP contribution < -0.4 is 14.8 Å². The van der Waals surface area contributed by atoms with Gasteiger partial charge in [-0.15, -0.1) is 0 Å². The fraction of sp³-hybridized carbons (Fsp3) is 0.0645. The summed E-state index contributed by atoms with van der Waals surface area (Å²) in [5.74, 6) is 0.401. The normalized spacial score (nSPS) is 12.1. The van der Waals surface area contributed by atoms with Gasteiger partial charge in [0.25, 0.3) is 15.9 Å². The van der Waals surface area contributed by atoms with E-state index in [1.54, 1.807) is 24.3 Å². The van der Waals surface area contributed by atoms with Crippen LogP contribution in [0.2, 0.25) is 10.0 Å². The summed E-state index contributed by atoms with van der Waals surface area (Å²) in [6.45, 7) is 1.88. The van der Waals surface area contributed by atoms with Gasteiger partial charge in [-0.3, -0.25) is 9.52 Å². The first-order valence-electron chi connectivity index (χ1n) is 12.3. The number of hydrogen-bond acceptors (Lipinski definition) is 4. The van der Waals surface area contributed by atoms with E-state index in [0.717, 1.165) is 16.3 Å². The number of hydrogen-bond donors (Lipinski definition) is 2. The predicted octanol–water partition coefficient (Wildman–Crippen LogP) is 8.23. The van der Waals surface area contributed by atoms with E-state index in [0.29, 0.717) is 21.5 Å². The molecule has 1 atom stereocenters. The van der Waals surface area contributed by atoms with Crippen molar-refractivity contribution in [3.63, 3.8) is 0 Å². The average Bonchev–Trinajstić information content (AvgIpc) is 2.95. The molecule has 5 aromatic rings. The molecule has 0 fully saturated rings. The van der Waals surface area contributed by atoms with Gasteiger partial charge in [-0.05, 0) is 77.9 Å². The molecule has 0 aliphatic rings. The molecule has 0 unspecified atom stereocenters. The Morgan fingerprint density at radius 2 is 1.52 bits per heavy atom. The molecule has 0 saturated carbocycles. The number of carbonyl (C=O) groups excluding carboxylic acids is 1. The second-order valence-electron chi connectivity index (χ2n) is 9.06. The van der Waals surface area contributed by atoms with Crippen molar-refractivity contribution in [3.05, 3.63) is 130 Å². The van der Waals surface area contributed by atoms with Crippen LogP contribution in [0.25, 0.3) is 10.8 Å². The lowest BCUT2D eigenvalue weighted by atomic mass is 9.99. The van der Waals surface area contributed by atoms with Gasteiger partial charge in [0.1, 0.15) is 11.5 Å². The first kappa shape index (κ1) is 27.5. The van der Waals surface area contributed by atoms with Crippen LogP contribution in [0.1, 0.15) is 28.9 Å². The number of para-hydroxylation sites is 1. The van der Waals surface area contributed by atoms with Crippen molar-refractivity contribution < 1.29 is 17.9 Å². The fourth-order valence-electron chi connectivity index (χ4n) is 4.32. The first-order valence-corrected chi connectivity index (χ1v) is 14.6. The van der Waals surface area contributed by atoms with E-state index >= 15 is 0 Å². The molecule has 0 aromatic heterocycles. The minimum absolute atomic E-state index is 0.00978. The third-order valence-electron chi connectivity index (χ3n) is 6.31. The van der Waals surface area contributed by atoms with Crippen LogP contribution in [0.5, 0.6) is 11.5 Å². The Labute approximate surface area is 242 Å². The van der Waals surface area contributed by atoms with Crippen molar-refractivity contribution in [2.24, 2.45) is 0 Å². The van der Waals surface area contributed by atoms with Crippen LogP contribution >= 0.6 is 23.2 Å². The summed E-state index contributed by atoms with van der Waals surface area (Å²) in [4.78, 5) is 13.4. The molecule has 0 aliphatic heterocycles. The molecule has 2 N–H and O–H groups in total. The molecule has 9 heteroatoms. The van der Waals surface area contributed by atoms with E-state index in [9.17, 15) is 13.2 Å². The number of ether oxygens (including phenoxy) is 1. The van der Waals surface area contributed by atoms with Gasteiger partial charge in [-0.25, -0.2) is 8.42 Å². The quantitative estimate of drug-likeness (QED) is 0.190. The number of amides is 1. The second kappa shape index (κ2) is 11.6. The van der Waals surface area contributed by atoms with Crippen LogP contribution in [-0.4, -0.2) is 14.3 Å². The number of nitrogens with one attached hydrogen (secondary N) is 2. The molecular weight excluding hydrogens is 567 g/mol. The lowest BCUT2D eigenvalue weighted by Crippen LogP contribution is -2.28. The molecule has 5 aromatic carbocycles. The summed E-state index contributed by atoms with van der Waals surface area (Å²) in [6, 6.07) is 30.7. The second-order valence-corrected chi connectivity index (χ2v) is 11.6. The Bertz CT molecular complexity index is 1800. The molecule has 40 heavy (non-hydrogen) atoms. The Morgan fingerprint density at radius 1 is 0.825 bits per heavy atom. The maximum absolute atomic E-state index is 13.4. The Kier molecular flexibility index (Phi) is 7.98. The smallest absolute Gasteiger partial charge is 0.261 e. The highest BCUT2D eigenvalue weighted by Gasteiger charge is 2.21. The molecule has 0 saturated heterocycles. The number of fused-ring (bicyclic) bond motifs is 1. The maximum Gasteiger partial charge on any atom is 0.261 e. The monoisotopic (exact) mass is 590 g/mol. The van der Waals surface area contributed by atoms with Crippen molar-refractivity contribution in [3.8, 4) is 11.5 Å². The van der Waals surface area contributed by atoms with Crippen LogP contribution in [0.15, 0.2) is 114 Å². The summed E-state index contributed by atoms with van der Waals surface area (Å²) in [5, 5.41) is 5.78. The van der Waals surface area contributed by atoms with E-state index in [-0.39, 0.29) is 22.2 Å². The topological polar surface area (TPSA) is 84.5 Å². The van der Waals surface area contributed by atoms with E-state index in [2.05, 4.69) is 10.0 Å². The van der Waals surface area contributed by atoms with E-state index < -0.39 is 15.9 Å². The van der Waals surface area contributed by atoms with Gasteiger partial charge in [-0.1, -0.05) is 77.8 Å². The third-order valence-corrected chi connectivity index (χ3v) is 8.24. The van der Waals surface area contributed by atoms with E-state index in [1.165, 1.54) is 42.5 Å². The highest BCUT2D eigenvalue weighted by atomic mass is 35.5.